The Labute approximate surface area is 177 Å². The molecule has 3 aromatic carbocycles. The van der Waals surface area contributed by atoms with Gasteiger partial charge in [0.2, 0.25) is 0 Å². The van der Waals surface area contributed by atoms with E-state index in [1.54, 1.807) is 24.3 Å². The van der Waals surface area contributed by atoms with E-state index < -0.39 is 14.6 Å². The van der Waals surface area contributed by atoms with Gasteiger partial charge in [-0.3, -0.25) is 0 Å². The van der Waals surface area contributed by atoms with Crippen LogP contribution in [0.4, 0.5) is 0 Å². The zero-order chi connectivity index (χ0) is 20.3. The summed E-state index contributed by atoms with van der Waals surface area (Å²) in [6.45, 7) is 0.481. The zero-order valence-electron chi connectivity index (χ0n) is 16.1. The van der Waals surface area contributed by atoms with E-state index in [4.69, 9.17) is 16.3 Å². The number of hydrogen-bond donors (Lipinski definition) is 0. The van der Waals surface area contributed by atoms with E-state index in [-0.39, 0.29) is 0 Å². The largest absolute Gasteiger partial charge is 0.489 e. The van der Waals surface area contributed by atoms with Crippen molar-refractivity contribution < 1.29 is 13.2 Å². The fourth-order valence-electron chi connectivity index (χ4n) is 4.09. The maximum atomic E-state index is 13.6. The Morgan fingerprint density at radius 3 is 2.07 bits per heavy atom. The van der Waals surface area contributed by atoms with E-state index in [1.165, 1.54) is 0 Å². The van der Waals surface area contributed by atoms with E-state index in [0.717, 1.165) is 29.7 Å². The molecule has 29 heavy (non-hydrogen) atoms. The van der Waals surface area contributed by atoms with E-state index >= 15 is 0 Å². The second-order valence-corrected chi connectivity index (χ2v) is 10.2. The molecule has 0 radical (unpaired) electrons. The van der Waals surface area contributed by atoms with Crippen LogP contribution in [0.3, 0.4) is 0 Å². The normalized spacial score (nSPS) is 15.9. The second-order valence-electron chi connectivity index (χ2n) is 7.46. The van der Waals surface area contributed by atoms with Crippen molar-refractivity contribution in [3.05, 3.63) is 95.0 Å². The third-order valence-corrected chi connectivity index (χ3v) is 8.50. The standard InChI is InChI=1S/C24H23ClO3S/c25-21-10-14-23(15-11-21)29(26,27)24(16-4-5-17-24)20-8-12-22(13-9-20)28-18-19-6-2-1-3-7-19/h1-3,6-15H,4-5,16-18H2. The predicted octanol–water partition coefficient (Wildman–Crippen LogP) is 6.16. The van der Waals surface area contributed by atoms with Gasteiger partial charge < -0.3 is 4.74 Å². The van der Waals surface area contributed by atoms with Gasteiger partial charge >= 0.3 is 0 Å². The molecule has 0 bridgehead atoms. The lowest BCUT2D eigenvalue weighted by atomic mass is 9.96. The molecule has 0 aliphatic heterocycles. The lowest BCUT2D eigenvalue weighted by Crippen LogP contribution is -2.33. The van der Waals surface area contributed by atoms with Crippen LogP contribution in [0.2, 0.25) is 5.02 Å². The minimum absolute atomic E-state index is 0.327. The molecule has 0 saturated heterocycles. The Balaban J connectivity index is 1.61. The number of ether oxygens (including phenoxy) is 1. The number of sulfone groups is 1. The smallest absolute Gasteiger partial charge is 0.188 e. The molecule has 3 nitrogen and oxygen atoms in total. The Bertz CT molecular complexity index is 1050. The molecule has 150 valence electrons. The molecule has 1 aliphatic carbocycles. The monoisotopic (exact) mass is 426 g/mol. The number of halogens is 1. The highest BCUT2D eigenvalue weighted by atomic mass is 35.5. The highest BCUT2D eigenvalue weighted by Gasteiger charge is 2.48. The topological polar surface area (TPSA) is 43.4 Å². The minimum atomic E-state index is -3.54. The Hall–Kier alpha value is -2.30. The first-order chi connectivity index (χ1) is 14.0. The summed E-state index contributed by atoms with van der Waals surface area (Å²) in [5.41, 5.74) is 1.92. The molecule has 4 rings (SSSR count). The molecule has 0 heterocycles. The molecule has 5 heteroatoms. The highest BCUT2D eigenvalue weighted by molar-refractivity contribution is 7.92. The first-order valence-electron chi connectivity index (χ1n) is 9.79. The lowest BCUT2D eigenvalue weighted by molar-refractivity contribution is 0.306. The molecule has 0 unspecified atom stereocenters. The van der Waals surface area contributed by atoms with Crippen molar-refractivity contribution in [3.8, 4) is 5.75 Å². The first-order valence-corrected chi connectivity index (χ1v) is 11.6. The molecular weight excluding hydrogens is 404 g/mol. The molecular formula is C24H23ClO3S. The van der Waals surface area contributed by atoms with Crippen LogP contribution in [0, 0.1) is 0 Å². The van der Waals surface area contributed by atoms with Crippen LogP contribution in [0.15, 0.2) is 83.8 Å². The van der Waals surface area contributed by atoms with Crippen molar-refractivity contribution in [1.29, 1.82) is 0 Å². The van der Waals surface area contributed by atoms with Crippen LogP contribution in [0.1, 0.15) is 36.8 Å². The number of rotatable bonds is 6. The molecule has 1 aliphatic rings. The number of benzene rings is 3. The Kier molecular flexibility index (Phi) is 5.66. The van der Waals surface area contributed by atoms with Crippen molar-refractivity contribution in [2.75, 3.05) is 0 Å². The Morgan fingerprint density at radius 1 is 0.828 bits per heavy atom. The van der Waals surface area contributed by atoms with Gasteiger partial charge in [0.05, 0.1) is 4.90 Å². The van der Waals surface area contributed by atoms with E-state index in [9.17, 15) is 8.42 Å². The second kappa shape index (κ2) is 8.21. The summed E-state index contributed by atoms with van der Waals surface area (Å²) in [5, 5.41) is 0.532. The van der Waals surface area contributed by atoms with E-state index in [2.05, 4.69) is 0 Å². The van der Waals surface area contributed by atoms with Gasteiger partial charge in [0.1, 0.15) is 17.1 Å². The summed E-state index contributed by atoms with van der Waals surface area (Å²) >= 11 is 5.96. The van der Waals surface area contributed by atoms with Crippen LogP contribution in [0.5, 0.6) is 5.75 Å². The number of hydrogen-bond acceptors (Lipinski definition) is 3. The van der Waals surface area contributed by atoms with Crippen molar-refractivity contribution in [1.82, 2.24) is 0 Å². The average Bonchev–Trinajstić information content (AvgIpc) is 3.26. The van der Waals surface area contributed by atoms with Crippen LogP contribution in [-0.2, 0) is 21.2 Å². The maximum Gasteiger partial charge on any atom is 0.188 e. The molecule has 3 aromatic rings. The fourth-order valence-corrected chi connectivity index (χ4v) is 6.44. The molecule has 0 amide bonds. The molecule has 0 spiro atoms. The maximum absolute atomic E-state index is 13.6. The van der Waals surface area contributed by atoms with Gasteiger partial charge in [0.25, 0.3) is 0 Å². The molecule has 0 atom stereocenters. The summed E-state index contributed by atoms with van der Waals surface area (Å²) in [6.07, 6.45) is 3.06. The zero-order valence-corrected chi connectivity index (χ0v) is 17.6. The van der Waals surface area contributed by atoms with Crippen molar-refractivity contribution in [3.63, 3.8) is 0 Å². The SMILES string of the molecule is O=S(=O)(c1ccc(Cl)cc1)C1(c2ccc(OCc3ccccc3)cc2)CCCC1. The van der Waals surface area contributed by atoms with Gasteiger partial charge in [0.15, 0.2) is 9.84 Å². The van der Waals surface area contributed by atoms with Crippen LogP contribution >= 0.6 is 11.6 Å². The van der Waals surface area contributed by atoms with Crippen LogP contribution < -0.4 is 4.74 Å². The van der Waals surface area contributed by atoms with Crippen molar-refractivity contribution >= 4 is 21.4 Å². The first kappa shape index (κ1) is 20.0. The van der Waals surface area contributed by atoms with Gasteiger partial charge in [-0.05, 0) is 60.4 Å². The van der Waals surface area contributed by atoms with Gasteiger partial charge in [-0.2, -0.15) is 0 Å². The van der Waals surface area contributed by atoms with Crippen molar-refractivity contribution in [2.45, 2.75) is 41.9 Å². The summed E-state index contributed by atoms with van der Waals surface area (Å²) in [6, 6.07) is 24.0. The Morgan fingerprint density at radius 2 is 1.45 bits per heavy atom. The minimum Gasteiger partial charge on any atom is -0.489 e. The third kappa shape index (κ3) is 3.92. The quantitative estimate of drug-likeness (QED) is 0.474. The van der Waals surface area contributed by atoms with E-state index in [0.29, 0.717) is 29.4 Å². The summed E-state index contributed by atoms with van der Waals surface area (Å²) in [4.78, 5) is 0.327. The molecule has 0 aromatic heterocycles. The summed E-state index contributed by atoms with van der Waals surface area (Å²) < 4.78 is 32.2. The molecule has 1 fully saturated rings. The van der Waals surface area contributed by atoms with Gasteiger partial charge in [-0.15, -0.1) is 0 Å². The summed E-state index contributed by atoms with van der Waals surface area (Å²) in [5.74, 6) is 0.731. The van der Waals surface area contributed by atoms with E-state index in [1.807, 2.05) is 54.6 Å². The van der Waals surface area contributed by atoms with Gasteiger partial charge in [-0.1, -0.05) is 66.9 Å². The van der Waals surface area contributed by atoms with Gasteiger partial charge in [-0.25, -0.2) is 8.42 Å². The van der Waals surface area contributed by atoms with Crippen LogP contribution in [-0.4, -0.2) is 8.42 Å². The van der Waals surface area contributed by atoms with Crippen LogP contribution in [0.25, 0.3) is 0 Å². The van der Waals surface area contributed by atoms with Crippen molar-refractivity contribution in [2.24, 2.45) is 0 Å². The average molecular weight is 427 g/mol. The molecule has 0 N–H and O–H groups in total. The third-order valence-electron chi connectivity index (χ3n) is 5.68. The lowest BCUT2D eigenvalue weighted by Gasteiger charge is -2.29. The molecule has 1 saturated carbocycles. The predicted molar refractivity (Wildman–Crippen MR) is 116 cm³/mol. The summed E-state index contributed by atoms with van der Waals surface area (Å²) in [7, 11) is -3.54. The van der Waals surface area contributed by atoms with Gasteiger partial charge in [0, 0.05) is 5.02 Å². The fraction of sp³-hybridized carbons (Fsp3) is 0.250. The highest BCUT2D eigenvalue weighted by Crippen LogP contribution is 2.48.